The molecule has 10 heteroatoms. The Morgan fingerprint density at radius 1 is 1.33 bits per heavy atom. The molecule has 21 heavy (non-hydrogen) atoms. The number of carboxylic acid groups (broad SMARTS) is 1. The maximum absolute atomic E-state index is 12.2. The van der Waals surface area contributed by atoms with Crippen LogP contribution in [0.15, 0.2) is 24.3 Å². The van der Waals surface area contributed by atoms with E-state index in [0.29, 0.717) is 0 Å². The van der Waals surface area contributed by atoms with Gasteiger partial charge in [0.05, 0.1) is 22.9 Å². The van der Waals surface area contributed by atoms with Gasteiger partial charge in [0.2, 0.25) is 0 Å². The number of hydrogen-bond donors (Lipinski definition) is 2. The van der Waals surface area contributed by atoms with Crippen LogP contribution in [0.1, 0.15) is 18.0 Å². The molecule has 114 valence electrons. The van der Waals surface area contributed by atoms with Crippen molar-refractivity contribution in [1.29, 1.82) is 0 Å². The fraction of sp³-hybridized carbons (Fsp3) is 0.273. The summed E-state index contributed by atoms with van der Waals surface area (Å²) in [5.41, 5.74) is -0.895. The van der Waals surface area contributed by atoms with E-state index in [0.717, 1.165) is 12.1 Å². The molecule has 0 aliphatic heterocycles. The van der Waals surface area contributed by atoms with Gasteiger partial charge in [-0.05, 0) is 0 Å². The topological polar surface area (TPSA) is 110 Å². The molecule has 2 N–H and O–H groups in total. The summed E-state index contributed by atoms with van der Waals surface area (Å²) < 4.78 is 36.7. The van der Waals surface area contributed by atoms with Crippen molar-refractivity contribution >= 4 is 17.6 Å². The summed E-state index contributed by atoms with van der Waals surface area (Å²) in [6.45, 7) is 0. The van der Waals surface area contributed by atoms with E-state index in [9.17, 15) is 32.9 Å². The first-order chi connectivity index (χ1) is 9.62. The third kappa shape index (κ3) is 4.44. The van der Waals surface area contributed by atoms with Crippen LogP contribution in [0.4, 0.5) is 18.9 Å². The van der Waals surface area contributed by atoms with Gasteiger partial charge in [-0.25, -0.2) is 0 Å². The summed E-state index contributed by atoms with van der Waals surface area (Å²) in [7, 11) is 0. The Morgan fingerprint density at radius 2 is 1.90 bits per heavy atom. The average Bonchev–Trinajstić information content (AvgIpc) is 2.36. The fourth-order valence-corrected chi connectivity index (χ4v) is 1.60. The minimum atomic E-state index is -5.22. The van der Waals surface area contributed by atoms with E-state index in [-0.39, 0.29) is 5.56 Å². The van der Waals surface area contributed by atoms with Gasteiger partial charge < -0.3 is 10.4 Å². The molecule has 0 aliphatic carbocycles. The van der Waals surface area contributed by atoms with Crippen LogP contribution in [-0.2, 0) is 9.59 Å². The fourth-order valence-electron chi connectivity index (χ4n) is 1.60. The Morgan fingerprint density at radius 3 is 2.38 bits per heavy atom. The van der Waals surface area contributed by atoms with Crippen molar-refractivity contribution in [1.82, 2.24) is 5.32 Å². The number of nitro benzene ring substituents is 1. The Balaban J connectivity index is 3.17. The van der Waals surface area contributed by atoms with Crippen molar-refractivity contribution in [3.63, 3.8) is 0 Å². The van der Waals surface area contributed by atoms with E-state index in [2.05, 4.69) is 0 Å². The summed E-state index contributed by atoms with van der Waals surface area (Å²) in [5, 5.41) is 21.0. The summed E-state index contributed by atoms with van der Waals surface area (Å²) in [5.74, 6) is -3.88. The monoisotopic (exact) mass is 306 g/mol. The molecular formula is C11H9F3N2O5. The molecule has 0 aliphatic rings. The molecule has 0 bridgehead atoms. The lowest BCUT2D eigenvalue weighted by Crippen LogP contribution is -2.40. The quantitative estimate of drug-likeness (QED) is 0.636. The second-order valence-corrected chi connectivity index (χ2v) is 3.94. The lowest BCUT2D eigenvalue weighted by molar-refractivity contribution is -0.385. The number of alkyl halides is 3. The second-order valence-electron chi connectivity index (χ2n) is 3.94. The van der Waals surface area contributed by atoms with Gasteiger partial charge in [0.1, 0.15) is 0 Å². The van der Waals surface area contributed by atoms with Gasteiger partial charge in [-0.2, -0.15) is 13.2 Å². The Labute approximate surface area is 115 Å². The molecule has 0 saturated carbocycles. The molecule has 1 unspecified atom stereocenters. The lowest BCUT2D eigenvalue weighted by Gasteiger charge is -2.18. The highest BCUT2D eigenvalue weighted by atomic mass is 19.4. The van der Waals surface area contributed by atoms with Gasteiger partial charge >= 0.3 is 18.1 Å². The van der Waals surface area contributed by atoms with E-state index in [1.807, 2.05) is 0 Å². The minimum absolute atomic E-state index is 0.317. The van der Waals surface area contributed by atoms with Crippen molar-refractivity contribution in [2.24, 2.45) is 0 Å². The van der Waals surface area contributed by atoms with Gasteiger partial charge in [-0.3, -0.25) is 19.7 Å². The molecule has 1 rings (SSSR count). The van der Waals surface area contributed by atoms with Crippen LogP contribution in [0.2, 0.25) is 0 Å². The van der Waals surface area contributed by atoms with Crippen LogP contribution in [0.3, 0.4) is 0 Å². The summed E-state index contributed by atoms with van der Waals surface area (Å²) in [6, 6.07) is 2.98. The van der Waals surface area contributed by atoms with E-state index < -0.39 is 41.1 Å². The molecule has 1 atom stereocenters. The number of halogens is 3. The largest absolute Gasteiger partial charge is 0.481 e. The summed E-state index contributed by atoms with van der Waals surface area (Å²) in [6.07, 6.45) is -6.15. The first-order valence-corrected chi connectivity index (χ1v) is 5.45. The molecule has 0 saturated heterocycles. The van der Waals surface area contributed by atoms with Crippen LogP contribution in [-0.4, -0.2) is 28.1 Å². The molecular weight excluding hydrogens is 297 g/mol. The number of carboxylic acids is 1. The van der Waals surface area contributed by atoms with E-state index >= 15 is 0 Å². The maximum atomic E-state index is 12.2. The number of para-hydroxylation sites is 1. The maximum Gasteiger partial charge on any atom is 0.471 e. The third-order valence-electron chi connectivity index (χ3n) is 2.45. The van der Waals surface area contributed by atoms with Crippen LogP contribution in [0.25, 0.3) is 0 Å². The Kier molecular flexibility index (Phi) is 4.84. The van der Waals surface area contributed by atoms with Gasteiger partial charge in [0.25, 0.3) is 5.69 Å². The first kappa shape index (κ1) is 16.4. The number of hydrogen-bond acceptors (Lipinski definition) is 4. The number of nitrogens with zero attached hydrogens (tertiary/aromatic N) is 1. The normalized spacial score (nSPS) is 12.5. The number of nitrogens with one attached hydrogen (secondary N) is 1. The Hall–Kier alpha value is -2.65. The van der Waals surface area contributed by atoms with E-state index in [4.69, 9.17) is 5.11 Å². The van der Waals surface area contributed by atoms with E-state index in [1.54, 1.807) is 0 Å². The number of aliphatic carboxylic acids is 1. The minimum Gasteiger partial charge on any atom is -0.481 e. The summed E-state index contributed by atoms with van der Waals surface area (Å²) in [4.78, 5) is 31.6. The van der Waals surface area contributed by atoms with Crippen molar-refractivity contribution in [2.45, 2.75) is 18.6 Å². The SMILES string of the molecule is O=C(O)CC(NC(=O)C(F)(F)F)c1ccccc1[N+](=O)[O-]. The molecule has 7 nitrogen and oxygen atoms in total. The number of nitro groups is 1. The number of benzene rings is 1. The van der Waals surface area contributed by atoms with Gasteiger partial charge in [-0.15, -0.1) is 0 Å². The lowest BCUT2D eigenvalue weighted by atomic mass is 10.0. The molecule has 0 heterocycles. The first-order valence-electron chi connectivity index (χ1n) is 5.45. The smallest absolute Gasteiger partial charge is 0.471 e. The predicted molar refractivity (Wildman–Crippen MR) is 62.3 cm³/mol. The average molecular weight is 306 g/mol. The highest BCUT2D eigenvalue weighted by Crippen LogP contribution is 2.28. The molecule has 0 aromatic heterocycles. The van der Waals surface area contributed by atoms with Gasteiger partial charge in [-0.1, -0.05) is 18.2 Å². The molecule has 0 radical (unpaired) electrons. The van der Waals surface area contributed by atoms with Crippen LogP contribution >= 0.6 is 0 Å². The van der Waals surface area contributed by atoms with Crippen molar-refractivity contribution < 1.29 is 32.8 Å². The van der Waals surface area contributed by atoms with Crippen LogP contribution in [0.5, 0.6) is 0 Å². The second kappa shape index (κ2) is 6.20. The standard InChI is InChI=1S/C11H9F3N2O5/c12-11(13,14)10(19)15-7(5-9(17)18)6-3-1-2-4-8(6)16(20)21/h1-4,7H,5H2,(H,15,19)(H,17,18). The molecule has 1 aromatic carbocycles. The van der Waals surface area contributed by atoms with Crippen molar-refractivity contribution in [3.05, 3.63) is 39.9 Å². The zero-order chi connectivity index (χ0) is 16.2. The number of rotatable bonds is 5. The highest BCUT2D eigenvalue weighted by molar-refractivity contribution is 5.83. The number of carbonyl (C=O) groups is 2. The highest BCUT2D eigenvalue weighted by Gasteiger charge is 2.41. The molecule has 1 amide bonds. The molecule has 1 aromatic rings. The van der Waals surface area contributed by atoms with Gasteiger partial charge in [0, 0.05) is 6.07 Å². The van der Waals surface area contributed by atoms with Crippen molar-refractivity contribution in [3.8, 4) is 0 Å². The molecule has 0 fully saturated rings. The van der Waals surface area contributed by atoms with Crippen LogP contribution < -0.4 is 5.32 Å². The van der Waals surface area contributed by atoms with E-state index in [1.165, 1.54) is 17.4 Å². The zero-order valence-electron chi connectivity index (χ0n) is 10.3. The Bertz CT molecular complexity index is 573. The number of carbonyl (C=O) groups excluding carboxylic acids is 1. The van der Waals surface area contributed by atoms with Crippen molar-refractivity contribution in [2.75, 3.05) is 0 Å². The predicted octanol–water partition coefficient (Wildman–Crippen LogP) is 1.79. The molecule has 0 spiro atoms. The van der Waals surface area contributed by atoms with Gasteiger partial charge in [0.15, 0.2) is 0 Å². The zero-order valence-corrected chi connectivity index (χ0v) is 10.3. The third-order valence-corrected chi connectivity index (χ3v) is 2.45. The number of amides is 1. The van der Waals surface area contributed by atoms with Crippen LogP contribution in [0, 0.1) is 10.1 Å². The summed E-state index contributed by atoms with van der Waals surface area (Å²) >= 11 is 0.